The van der Waals surface area contributed by atoms with E-state index in [1.54, 1.807) is 0 Å². The number of alkyl halides is 3. The van der Waals surface area contributed by atoms with Gasteiger partial charge in [0.2, 0.25) is 11.8 Å². The van der Waals surface area contributed by atoms with Crippen molar-refractivity contribution in [3.8, 4) is 0 Å². The highest BCUT2D eigenvalue weighted by Gasteiger charge is 2.65. The Morgan fingerprint density at radius 2 is 1.73 bits per heavy atom. The third-order valence-corrected chi connectivity index (χ3v) is 12.6. The van der Waals surface area contributed by atoms with Crippen molar-refractivity contribution in [1.82, 2.24) is 26.6 Å². The van der Waals surface area contributed by atoms with Crippen molar-refractivity contribution in [1.29, 1.82) is 0 Å². The Morgan fingerprint density at radius 1 is 1.02 bits per heavy atom. The van der Waals surface area contributed by atoms with Gasteiger partial charge in [0.1, 0.15) is 6.04 Å². The lowest BCUT2D eigenvalue weighted by Gasteiger charge is -2.30. The first-order valence-electron chi connectivity index (χ1n) is 19.4. The van der Waals surface area contributed by atoms with Crippen LogP contribution in [0.5, 0.6) is 0 Å². The number of amides is 5. The molecule has 0 radical (unpaired) electrons. The van der Waals surface area contributed by atoms with E-state index in [2.05, 4.69) is 48.5 Å². The number of halogens is 3. The van der Waals surface area contributed by atoms with E-state index in [4.69, 9.17) is 4.74 Å². The SMILES string of the molecule is CCC(C)(CCNC(=O)CCCC[C@@H]1SCC2NC(=O)NC21)OCCC(C)C(C)CNC(=O)[C@H](CCC(=O)OC)NC(=O)c1ccc(C2(C(F)(F)F)N=N2)cc1. The Bertz CT molecular complexity index is 1560. The maximum atomic E-state index is 13.4. The molecule has 56 heavy (non-hydrogen) atoms. The number of carbonyl (C=O) groups excluding carboxylic acids is 5. The van der Waals surface area contributed by atoms with Crippen LogP contribution in [-0.2, 0) is 29.5 Å². The van der Waals surface area contributed by atoms with Gasteiger partial charge in [-0.3, -0.25) is 19.2 Å². The summed E-state index contributed by atoms with van der Waals surface area (Å²) < 4.78 is 51.1. The van der Waals surface area contributed by atoms with E-state index in [-0.39, 0.29) is 66.4 Å². The summed E-state index contributed by atoms with van der Waals surface area (Å²) in [7, 11) is 1.21. The summed E-state index contributed by atoms with van der Waals surface area (Å²) >= 11 is 1.88. The second kappa shape index (κ2) is 20.0. The summed E-state index contributed by atoms with van der Waals surface area (Å²) in [6, 6.07) is 3.82. The van der Waals surface area contributed by atoms with Crippen LogP contribution in [0.2, 0.25) is 0 Å². The minimum Gasteiger partial charge on any atom is -0.469 e. The minimum absolute atomic E-state index is 0.0195. The van der Waals surface area contributed by atoms with Crippen LogP contribution in [0, 0.1) is 11.8 Å². The number of methoxy groups -OCH3 is 1. The number of nitrogens with zero attached hydrogens (tertiary/aromatic N) is 2. The molecule has 3 aliphatic rings. The Balaban J connectivity index is 1.14. The highest BCUT2D eigenvalue weighted by molar-refractivity contribution is 8.00. The normalized spacial score (nSPS) is 22.1. The number of ether oxygens (including phenoxy) is 2. The standard InChI is InChI=1S/C38H56F3N7O7S/c1-6-36(4,18-19-42-30(49)10-8-7-9-29-32-28(22-56-29)45-35(53)46-32)55-20-17-23(2)24(3)21-43-34(52)27(15-16-31(50)54-5)44-33(51)25-11-13-26(14-12-25)37(47-48-37)38(39,40)41/h11-14,23-24,27-29,32H,6-10,15-22H2,1-5H3,(H,42,49)(H,43,52)(H,44,51)(H2,45,46,53)/t23?,24?,27-,28?,29-,32?,36?/m0/s1. The third kappa shape index (κ3) is 12.3. The minimum atomic E-state index is -4.71. The fourth-order valence-corrected chi connectivity index (χ4v) is 8.26. The molecule has 1 aromatic carbocycles. The first-order valence-corrected chi connectivity index (χ1v) is 20.4. The van der Waals surface area contributed by atoms with E-state index in [0.29, 0.717) is 37.7 Å². The second-order valence-corrected chi connectivity index (χ2v) is 16.5. The molecule has 0 spiro atoms. The van der Waals surface area contributed by atoms with Crippen LogP contribution < -0.4 is 26.6 Å². The number of benzene rings is 1. The van der Waals surface area contributed by atoms with Gasteiger partial charge >= 0.3 is 23.8 Å². The molecule has 0 bridgehead atoms. The number of fused-ring (bicyclic) bond motifs is 1. The highest BCUT2D eigenvalue weighted by atomic mass is 32.2. The summed E-state index contributed by atoms with van der Waals surface area (Å²) in [6.07, 6.45) is 0.388. The number of carbonyl (C=O) groups is 5. The zero-order valence-electron chi connectivity index (χ0n) is 32.8. The Hall–Kier alpha value is -3.93. The van der Waals surface area contributed by atoms with Gasteiger partial charge in [-0.25, -0.2) is 4.79 Å². The van der Waals surface area contributed by atoms with Crippen molar-refractivity contribution < 1.29 is 46.6 Å². The molecule has 4 rings (SSSR count). The average molecular weight is 812 g/mol. The van der Waals surface area contributed by atoms with Crippen molar-refractivity contribution in [2.24, 2.45) is 22.1 Å². The van der Waals surface area contributed by atoms with Crippen LogP contribution in [0.4, 0.5) is 18.0 Å². The first-order chi connectivity index (χ1) is 26.5. The predicted molar refractivity (Wildman–Crippen MR) is 204 cm³/mol. The van der Waals surface area contributed by atoms with Gasteiger partial charge in [-0.05, 0) is 69.4 Å². The topological polar surface area (TPSA) is 189 Å². The van der Waals surface area contributed by atoms with Gasteiger partial charge in [0.25, 0.3) is 5.91 Å². The van der Waals surface area contributed by atoms with E-state index < -0.39 is 41.3 Å². The lowest BCUT2D eigenvalue weighted by molar-refractivity contribution is -0.166. The molecule has 1 aromatic rings. The fraction of sp³-hybridized carbons (Fsp3) is 0.711. The van der Waals surface area contributed by atoms with Crippen LogP contribution in [0.25, 0.3) is 0 Å². The number of urea groups is 1. The van der Waals surface area contributed by atoms with Crippen molar-refractivity contribution in [2.75, 3.05) is 32.6 Å². The predicted octanol–water partition coefficient (Wildman–Crippen LogP) is 5.12. The number of unbranched alkanes of at least 4 members (excludes halogenated alkanes) is 1. The van der Waals surface area contributed by atoms with E-state index in [0.717, 1.165) is 43.6 Å². The molecule has 14 nitrogen and oxygen atoms in total. The summed E-state index contributed by atoms with van der Waals surface area (Å²) in [5.41, 5.74) is -3.24. The van der Waals surface area contributed by atoms with Crippen LogP contribution >= 0.6 is 11.8 Å². The van der Waals surface area contributed by atoms with Crippen LogP contribution in [0.15, 0.2) is 34.5 Å². The molecule has 0 saturated carbocycles. The van der Waals surface area contributed by atoms with Crippen molar-refractivity contribution in [3.05, 3.63) is 35.4 Å². The number of thioether (sulfide) groups is 1. The fourth-order valence-electron chi connectivity index (χ4n) is 6.71. The molecule has 5 N–H and O–H groups in total. The summed E-state index contributed by atoms with van der Waals surface area (Å²) in [5.74, 6) is -0.655. The van der Waals surface area contributed by atoms with Gasteiger partial charge in [-0.2, -0.15) is 24.9 Å². The smallest absolute Gasteiger partial charge is 0.442 e. The van der Waals surface area contributed by atoms with Gasteiger partial charge in [0.05, 0.1) is 24.8 Å². The first kappa shape index (κ1) is 44.8. The molecule has 312 valence electrons. The molecule has 3 heterocycles. The van der Waals surface area contributed by atoms with Gasteiger partial charge in [0, 0.05) is 54.7 Å². The van der Waals surface area contributed by atoms with Crippen molar-refractivity contribution in [3.63, 3.8) is 0 Å². The quantitative estimate of drug-likeness (QED) is 0.0573. The maximum Gasteiger partial charge on any atom is 0.442 e. The molecule has 7 atom stereocenters. The van der Waals surface area contributed by atoms with Crippen LogP contribution in [-0.4, -0.2) is 97.4 Å². The molecule has 0 aromatic heterocycles. The van der Waals surface area contributed by atoms with Crippen molar-refractivity contribution >= 4 is 41.5 Å². The Kier molecular flexibility index (Phi) is 16.0. The number of hydrogen-bond acceptors (Lipinski definition) is 10. The molecule has 5 unspecified atom stereocenters. The Labute approximate surface area is 330 Å². The molecular formula is C38H56F3N7O7S. The number of rotatable bonds is 23. The lowest BCUT2D eigenvalue weighted by atomic mass is 9.92. The number of hydrogen-bond donors (Lipinski definition) is 5. The molecular weight excluding hydrogens is 756 g/mol. The van der Waals surface area contributed by atoms with Gasteiger partial charge in [-0.15, -0.1) is 10.2 Å². The number of nitrogens with one attached hydrogen (secondary N) is 5. The lowest BCUT2D eigenvalue weighted by Crippen LogP contribution is -2.48. The average Bonchev–Trinajstić information content (AvgIpc) is 3.81. The van der Waals surface area contributed by atoms with E-state index in [1.165, 1.54) is 19.2 Å². The van der Waals surface area contributed by atoms with Gasteiger partial charge in [-0.1, -0.05) is 39.3 Å². The van der Waals surface area contributed by atoms with Crippen molar-refractivity contribution in [2.45, 2.75) is 126 Å². The largest absolute Gasteiger partial charge is 0.469 e. The van der Waals surface area contributed by atoms with E-state index in [9.17, 15) is 37.1 Å². The van der Waals surface area contributed by atoms with Crippen LogP contribution in [0.1, 0.15) is 101 Å². The van der Waals surface area contributed by atoms with Crippen LogP contribution in [0.3, 0.4) is 0 Å². The molecule has 2 saturated heterocycles. The van der Waals surface area contributed by atoms with Gasteiger partial charge < -0.3 is 36.1 Å². The zero-order valence-corrected chi connectivity index (χ0v) is 33.6. The Morgan fingerprint density at radius 3 is 2.38 bits per heavy atom. The zero-order chi connectivity index (χ0) is 41.1. The summed E-state index contributed by atoms with van der Waals surface area (Å²) in [6.45, 7) is 9.40. The highest BCUT2D eigenvalue weighted by Crippen LogP contribution is 2.52. The maximum absolute atomic E-state index is 13.4. The molecule has 2 fully saturated rings. The second-order valence-electron chi connectivity index (χ2n) is 15.2. The molecule has 3 aliphatic heterocycles. The van der Waals surface area contributed by atoms with E-state index >= 15 is 0 Å². The monoisotopic (exact) mass is 811 g/mol. The molecule has 18 heteroatoms. The third-order valence-electron chi connectivity index (χ3n) is 11.1. The van der Waals surface area contributed by atoms with Gasteiger partial charge in [0.15, 0.2) is 0 Å². The van der Waals surface area contributed by atoms with E-state index in [1.807, 2.05) is 32.5 Å². The summed E-state index contributed by atoms with van der Waals surface area (Å²) in [5, 5.41) is 21.1. The molecule has 5 amide bonds. The molecule has 0 aliphatic carbocycles. The number of esters is 1. The summed E-state index contributed by atoms with van der Waals surface area (Å²) in [4.78, 5) is 62.2.